The van der Waals surface area contributed by atoms with Crippen LogP contribution in [-0.4, -0.2) is 82.8 Å². The molecule has 52 heavy (non-hydrogen) atoms. The van der Waals surface area contributed by atoms with E-state index in [0.717, 1.165) is 40.9 Å². The quantitative estimate of drug-likeness (QED) is 0.134. The zero-order valence-electron chi connectivity index (χ0n) is 30.0. The molecule has 0 spiro atoms. The van der Waals surface area contributed by atoms with Crippen molar-refractivity contribution in [3.05, 3.63) is 47.0 Å². The van der Waals surface area contributed by atoms with E-state index in [2.05, 4.69) is 29.2 Å². The number of fused-ring (bicyclic) bond motifs is 2. The smallest absolute Gasteiger partial charge is 0.317 e. The van der Waals surface area contributed by atoms with E-state index in [0.29, 0.717) is 42.1 Å². The molecule has 3 aliphatic rings. The van der Waals surface area contributed by atoms with E-state index in [-0.39, 0.29) is 25.4 Å². The summed E-state index contributed by atoms with van der Waals surface area (Å²) in [7, 11) is -0.680. The van der Waals surface area contributed by atoms with E-state index in [9.17, 15) is 22.8 Å². The molecule has 3 N–H and O–H groups in total. The molecule has 2 aromatic heterocycles. The Morgan fingerprint density at radius 2 is 1.96 bits per heavy atom. The Bertz CT molecular complexity index is 2010. The van der Waals surface area contributed by atoms with Crippen LogP contribution in [0.3, 0.4) is 0 Å². The van der Waals surface area contributed by atoms with Crippen LogP contribution >= 0.6 is 33.9 Å². The number of aryl methyl sites for hydroxylation is 1. The summed E-state index contributed by atoms with van der Waals surface area (Å²) in [4.78, 5) is 52.3. The van der Waals surface area contributed by atoms with Gasteiger partial charge in [-0.15, -0.1) is 11.3 Å². The number of aromatic nitrogens is 2. The number of ether oxygens (including phenoxy) is 2. The largest absolute Gasteiger partial charge is 0.496 e. The number of sulfonamides is 1. The van der Waals surface area contributed by atoms with Crippen molar-refractivity contribution in [2.24, 2.45) is 5.92 Å². The summed E-state index contributed by atoms with van der Waals surface area (Å²) in [5, 5.41) is 9.19. The molecule has 2 aliphatic carbocycles. The fourth-order valence-corrected chi connectivity index (χ4v) is 9.04. The molecule has 1 aliphatic heterocycles. The molecule has 0 radical (unpaired) electrons. The highest BCUT2D eigenvalue weighted by atomic mass is 127. The van der Waals surface area contributed by atoms with Gasteiger partial charge in [0, 0.05) is 48.3 Å². The molecule has 0 unspecified atom stereocenters. The van der Waals surface area contributed by atoms with E-state index in [1.807, 2.05) is 65.2 Å². The molecule has 2 fully saturated rings. The molecule has 280 valence electrons. The number of pyridine rings is 1. The number of amides is 4. The summed E-state index contributed by atoms with van der Waals surface area (Å²) in [5.74, 6) is -0.310. The van der Waals surface area contributed by atoms with E-state index in [4.69, 9.17) is 19.4 Å². The van der Waals surface area contributed by atoms with Crippen LogP contribution in [0.5, 0.6) is 11.5 Å². The highest BCUT2D eigenvalue weighted by Crippen LogP contribution is 2.50. The molecule has 3 atom stereocenters. The number of alkyl halides is 1. The molecule has 0 saturated heterocycles. The van der Waals surface area contributed by atoms with Crippen LogP contribution in [0.25, 0.3) is 21.6 Å². The molecule has 1 aromatic carbocycles. The second kappa shape index (κ2) is 15.1. The number of thiazole rings is 1. The Labute approximate surface area is 321 Å². The molecule has 2 saturated carbocycles. The van der Waals surface area contributed by atoms with Crippen molar-refractivity contribution in [3.63, 3.8) is 0 Å². The van der Waals surface area contributed by atoms with Gasteiger partial charge in [-0.25, -0.2) is 27.9 Å². The average Bonchev–Trinajstić information content (AvgIpc) is 3.96. The number of allylic oxidation sites excluding steroid dienone is 1. The Balaban J connectivity index is 1.27. The zero-order valence-corrected chi connectivity index (χ0v) is 33.7. The Hall–Kier alpha value is -3.51. The van der Waals surface area contributed by atoms with Gasteiger partial charge in [0.05, 0.1) is 24.9 Å². The van der Waals surface area contributed by atoms with Crippen molar-refractivity contribution in [3.8, 4) is 22.2 Å². The van der Waals surface area contributed by atoms with Crippen molar-refractivity contribution in [2.75, 3.05) is 27.3 Å². The maximum atomic E-state index is 14.0. The number of halogens is 1. The lowest BCUT2D eigenvalue weighted by atomic mass is 10.1. The van der Waals surface area contributed by atoms with Gasteiger partial charge in [0.15, 0.2) is 0 Å². The van der Waals surface area contributed by atoms with Gasteiger partial charge in [-0.2, -0.15) is 0 Å². The molecule has 6 rings (SSSR count). The van der Waals surface area contributed by atoms with Crippen LogP contribution in [0.4, 0.5) is 4.79 Å². The maximum absolute atomic E-state index is 14.0. The second-order valence-corrected chi connectivity index (χ2v) is 19.7. The number of nitrogens with one attached hydrogen (secondary N) is 3. The molecular formula is C36H45IN6O7S2. The third-order valence-corrected chi connectivity index (χ3v) is 15.5. The first-order valence-corrected chi connectivity index (χ1v) is 20.9. The summed E-state index contributed by atoms with van der Waals surface area (Å²) in [6, 6.07) is 4.02. The molecule has 13 nitrogen and oxygen atoms in total. The number of hydrogen-bond acceptors (Lipinski definition) is 10. The minimum absolute atomic E-state index is 0.0229. The normalized spacial score (nSPS) is 23.3. The highest BCUT2D eigenvalue weighted by molar-refractivity contribution is 14.1. The monoisotopic (exact) mass is 864 g/mol. The molecule has 3 aromatic rings. The summed E-state index contributed by atoms with van der Waals surface area (Å²) < 4.78 is 39.2. The van der Waals surface area contributed by atoms with Crippen LogP contribution < -0.4 is 24.8 Å². The van der Waals surface area contributed by atoms with Gasteiger partial charge in [0.2, 0.25) is 15.9 Å². The van der Waals surface area contributed by atoms with Gasteiger partial charge in [-0.3, -0.25) is 9.59 Å². The van der Waals surface area contributed by atoms with Crippen LogP contribution in [0.2, 0.25) is 0 Å². The van der Waals surface area contributed by atoms with E-state index >= 15 is 0 Å². The number of urea groups is 1. The van der Waals surface area contributed by atoms with E-state index in [1.165, 1.54) is 16.2 Å². The maximum Gasteiger partial charge on any atom is 0.317 e. The topological polar surface area (TPSA) is 169 Å². The highest BCUT2D eigenvalue weighted by Gasteiger charge is 2.63. The van der Waals surface area contributed by atoms with Gasteiger partial charge in [0.25, 0.3) is 5.91 Å². The predicted molar refractivity (Wildman–Crippen MR) is 208 cm³/mol. The van der Waals surface area contributed by atoms with E-state index < -0.39 is 48.1 Å². The van der Waals surface area contributed by atoms with Gasteiger partial charge < -0.3 is 25.0 Å². The fraction of sp³-hybridized carbons (Fsp3) is 0.528. The number of nitrogens with zero attached hydrogens (tertiary/aromatic N) is 3. The number of methoxy groups -OCH3 is 1. The predicted octanol–water partition coefficient (Wildman–Crippen LogP) is 5.56. The van der Waals surface area contributed by atoms with Crippen molar-refractivity contribution < 1.29 is 32.3 Å². The standard InChI is InChI=1S/C36H45IN6O7S2/c1-21(2)27-20-51-32(39-27)26-18-29(24-11-12-28(49-5)22(3)30(24)38-26)50-17-13-25-31(44)41-36(33(45)42-52(47,48)35(37)14-15-35)19-23(36)10-8-6-7-9-16-43(4)34(46)40-25/h8,10-12,18,20-21,23,25H,6-7,9,13-17,19H2,1-5H3,(H,40,46)(H,41,44)(H,42,45)/t23-,25+,36-/m1/s1. The lowest BCUT2D eigenvalue weighted by molar-refractivity contribution is -0.130. The lowest BCUT2D eigenvalue weighted by Crippen LogP contribution is -2.58. The third-order valence-electron chi connectivity index (χ3n) is 9.92. The number of hydrogen-bond donors (Lipinski definition) is 3. The molecule has 0 bridgehead atoms. The summed E-state index contributed by atoms with van der Waals surface area (Å²) in [5.41, 5.74) is 1.66. The van der Waals surface area contributed by atoms with Gasteiger partial charge in [-0.05, 0) is 63.5 Å². The van der Waals surface area contributed by atoms with Crippen LogP contribution in [0.1, 0.15) is 76.0 Å². The second-order valence-electron chi connectivity index (χ2n) is 14.1. The van der Waals surface area contributed by atoms with Crippen LogP contribution in [0.15, 0.2) is 35.7 Å². The van der Waals surface area contributed by atoms with Gasteiger partial charge >= 0.3 is 6.03 Å². The van der Waals surface area contributed by atoms with Crippen LogP contribution in [-0.2, 0) is 19.6 Å². The fourth-order valence-electron chi connectivity index (χ4n) is 6.25. The molecule has 16 heteroatoms. The van der Waals surface area contributed by atoms with Crippen molar-refractivity contribution >= 4 is 72.7 Å². The van der Waals surface area contributed by atoms with Crippen molar-refractivity contribution in [2.45, 2.75) is 86.0 Å². The number of carbonyl (C=O) groups is 3. The third kappa shape index (κ3) is 7.88. The summed E-state index contributed by atoms with van der Waals surface area (Å²) >= 11 is 3.36. The molecule has 4 amide bonds. The summed E-state index contributed by atoms with van der Waals surface area (Å²) in [6.45, 7) is 6.61. The number of carbonyl (C=O) groups excluding carboxylic acids is 3. The first kappa shape index (κ1) is 38.2. The minimum Gasteiger partial charge on any atom is -0.496 e. The molecular weight excluding hydrogens is 819 g/mol. The number of benzene rings is 1. The molecule has 3 heterocycles. The zero-order chi connectivity index (χ0) is 37.4. The number of rotatable bonds is 10. The first-order chi connectivity index (χ1) is 24.7. The Morgan fingerprint density at radius 3 is 2.65 bits per heavy atom. The van der Waals surface area contributed by atoms with E-state index in [1.54, 1.807) is 14.2 Å². The van der Waals surface area contributed by atoms with Crippen molar-refractivity contribution in [1.82, 2.24) is 30.2 Å². The SMILES string of the molecule is COc1ccc2c(OCC[C@@H]3NC(=O)N(C)CCCCC=C[C@@H]4C[C@@]4(C(=O)NS(=O)(=O)C4(I)CC4)NC3=O)cc(-c3nc(C(C)C)cs3)nc2c1C. The minimum atomic E-state index is -3.95. The first-order valence-electron chi connectivity index (χ1n) is 17.5. The van der Waals surface area contributed by atoms with Gasteiger partial charge in [0.1, 0.15) is 36.5 Å². The lowest BCUT2D eigenvalue weighted by Gasteiger charge is -2.26. The summed E-state index contributed by atoms with van der Waals surface area (Å²) in [6.07, 6.45) is 7.33. The van der Waals surface area contributed by atoms with Crippen LogP contribution in [0, 0.1) is 12.8 Å². The van der Waals surface area contributed by atoms with Gasteiger partial charge in [-0.1, -0.05) is 48.6 Å². The average molecular weight is 865 g/mol. The Morgan fingerprint density at radius 1 is 1.19 bits per heavy atom. The Kier molecular flexibility index (Phi) is 11.1. The van der Waals surface area contributed by atoms with Crippen molar-refractivity contribution in [1.29, 1.82) is 0 Å².